The summed E-state index contributed by atoms with van der Waals surface area (Å²) in [5.74, 6) is -2.40. The molecule has 0 fully saturated rings. The number of hydrogen-bond acceptors (Lipinski definition) is 3. The average Bonchev–Trinajstić information content (AvgIpc) is 2.66. The first-order chi connectivity index (χ1) is 6.65. The van der Waals surface area contributed by atoms with Gasteiger partial charge in [-0.2, -0.15) is 0 Å². The largest absolute Gasteiger partial charge is 0.474 e. The molecule has 2 N–H and O–H groups in total. The Labute approximate surface area is 85.6 Å². The Balaban J connectivity index is 2.65. The number of hydrogen-bond donors (Lipinski definition) is 2. The van der Waals surface area contributed by atoms with Crippen molar-refractivity contribution in [1.29, 1.82) is 0 Å². The maximum atomic E-state index is 10.9. The van der Waals surface area contributed by atoms with E-state index in [2.05, 4.69) is 5.32 Å². The lowest BCUT2D eigenvalue weighted by Gasteiger charge is -2.13. The smallest absolute Gasteiger partial charge is 0.394 e. The summed E-state index contributed by atoms with van der Waals surface area (Å²) in [6, 6.07) is 3.55. The summed E-state index contributed by atoms with van der Waals surface area (Å²) in [5.41, 5.74) is 0. The number of carbonyl (C=O) groups excluding carboxylic acids is 1. The van der Waals surface area contributed by atoms with Crippen LogP contribution in [0, 0.1) is 0 Å². The molecule has 14 heavy (non-hydrogen) atoms. The van der Waals surface area contributed by atoms with Crippen LogP contribution in [0.1, 0.15) is 24.3 Å². The van der Waals surface area contributed by atoms with Gasteiger partial charge in [-0.15, -0.1) is 11.3 Å². The van der Waals surface area contributed by atoms with Gasteiger partial charge in [-0.25, -0.2) is 4.79 Å². The highest BCUT2D eigenvalue weighted by molar-refractivity contribution is 7.10. The zero-order chi connectivity index (χ0) is 10.6. The van der Waals surface area contributed by atoms with Crippen LogP contribution in [0.25, 0.3) is 0 Å². The van der Waals surface area contributed by atoms with Gasteiger partial charge in [-0.05, 0) is 17.9 Å². The molecule has 0 spiro atoms. The highest BCUT2D eigenvalue weighted by atomic mass is 32.1. The van der Waals surface area contributed by atoms with Crippen molar-refractivity contribution in [2.45, 2.75) is 19.4 Å². The molecule has 0 aliphatic heterocycles. The lowest BCUT2D eigenvalue weighted by atomic mass is 10.2. The monoisotopic (exact) mass is 213 g/mol. The van der Waals surface area contributed by atoms with Gasteiger partial charge < -0.3 is 10.4 Å². The van der Waals surface area contributed by atoms with Gasteiger partial charge in [-0.3, -0.25) is 4.79 Å². The van der Waals surface area contributed by atoms with E-state index in [-0.39, 0.29) is 6.04 Å². The van der Waals surface area contributed by atoms with Gasteiger partial charge in [0.05, 0.1) is 6.04 Å². The molecule has 0 bridgehead atoms. The first-order valence-corrected chi connectivity index (χ1v) is 5.10. The molecule has 0 aromatic carbocycles. The molecule has 1 unspecified atom stereocenters. The second-order valence-electron chi connectivity index (χ2n) is 2.75. The molecule has 0 saturated carbocycles. The predicted molar refractivity (Wildman–Crippen MR) is 53.1 cm³/mol. The van der Waals surface area contributed by atoms with E-state index < -0.39 is 11.9 Å². The van der Waals surface area contributed by atoms with Crippen molar-refractivity contribution in [3.8, 4) is 0 Å². The molecule has 1 amide bonds. The molecule has 1 rings (SSSR count). The molecule has 0 aliphatic rings. The minimum Gasteiger partial charge on any atom is -0.474 e. The molecule has 0 saturated heterocycles. The maximum Gasteiger partial charge on any atom is 0.394 e. The minimum atomic E-state index is -1.44. The van der Waals surface area contributed by atoms with Crippen LogP contribution in [0.3, 0.4) is 0 Å². The third-order valence-corrected chi connectivity index (χ3v) is 2.78. The van der Waals surface area contributed by atoms with Gasteiger partial charge in [-0.1, -0.05) is 13.0 Å². The Kier molecular flexibility index (Phi) is 3.64. The Morgan fingerprint density at radius 2 is 2.36 bits per heavy atom. The Hall–Kier alpha value is -1.36. The summed E-state index contributed by atoms with van der Waals surface area (Å²) in [4.78, 5) is 22.2. The van der Waals surface area contributed by atoms with Gasteiger partial charge in [0, 0.05) is 4.88 Å². The zero-order valence-electron chi connectivity index (χ0n) is 7.69. The van der Waals surface area contributed by atoms with Crippen molar-refractivity contribution in [3.05, 3.63) is 22.4 Å². The third-order valence-electron chi connectivity index (χ3n) is 1.79. The number of carbonyl (C=O) groups is 2. The lowest BCUT2D eigenvalue weighted by molar-refractivity contribution is -0.150. The number of rotatable bonds is 3. The van der Waals surface area contributed by atoms with Gasteiger partial charge in [0.15, 0.2) is 0 Å². The number of aliphatic carboxylic acids is 1. The van der Waals surface area contributed by atoms with E-state index in [9.17, 15) is 9.59 Å². The summed E-state index contributed by atoms with van der Waals surface area (Å²) >= 11 is 1.50. The molecule has 1 heterocycles. The van der Waals surface area contributed by atoms with Gasteiger partial charge in [0.1, 0.15) is 0 Å². The van der Waals surface area contributed by atoms with Crippen LogP contribution < -0.4 is 5.32 Å². The normalized spacial score (nSPS) is 12.1. The number of carboxylic acids is 1. The number of carboxylic acid groups (broad SMARTS) is 1. The Morgan fingerprint density at radius 1 is 1.64 bits per heavy atom. The second kappa shape index (κ2) is 4.76. The zero-order valence-corrected chi connectivity index (χ0v) is 8.50. The van der Waals surface area contributed by atoms with Crippen LogP contribution >= 0.6 is 11.3 Å². The van der Waals surface area contributed by atoms with Crippen molar-refractivity contribution in [1.82, 2.24) is 5.32 Å². The highest BCUT2D eigenvalue weighted by Crippen LogP contribution is 2.21. The highest BCUT2D eigenvalue weighted by Gasteiger charge is 2.17. The van der Waals surface area contributed by atoms with E-state index in [1.54, 1.807) is 0 Å². The summed E-state index contributed by atoms with van der Waals surface area (Å²) in [5, 5.41) is 12.7. The van der Waals surface area contributed by atoms with E-state index >= 15 is 0 Å². The van der Waals surface area contributed by atoms with Crippen LogP contribution in [0.4, 0.5) is 0 Å². The van der Waals surface area contributed by atoms with E-state index in [1.165, 1.54) is 11.3 Å². The van der Waals surface area contributed by atoms with Gasteiger partial charge in [0.2, 0.25) is 0 Å². The maximum absolute atomic E-state index is 10.9. The van der Waals surface area contributed by atoms with Crippen LogP contribution in [-0.4, -0.2) is 17.0 Å². The SMILES string of the molecule is CCC(NC(=O)C(=O)O)c1cccs1. The summed E-state index contributed by atoms with van der Waals surface area (Å²) in [7, 11) is 0. The van der Waals surface area contributed by atoms with Crippen molar-refractivity contribution < 1.29 is 14.7 Å². The second-order valence-corrected chi connectivity index (χ2v) is 3.73. The lowest BCUT2D eigenvalue weighted by Crippen LogP contribution is -2.33. The molecule has 5 heteroatoms. The minimum absolute atomic E-state index is 0.196. The molecule has 0 aliphatic carbocycles. The number of thiophene rings is 1. The summed E-state index contributed by atoms with van der Waals surface area (Å²) in [6.07, 6.45) is 0.680. The van der Waals surface area contributed by atoms with Gasteiger partial charge in [0.25, 0.3) is 0 Å². The van der Waals surface area contributed by atoms with Crippen molar-refractivity contribution in [3.63, 3.8) is 0 Å². The van der Waals surface area contributed by atoms with E-state index in [0.717, 1.165) is 4.88 Å². The molecular weight excluding hydrogens is 202 g/mol. The van der Waals surface area contributed by atoms with Crippen LogP contribution in [0.5, 0.6) is 0 Å². The fourth-order valence-corrected chi connectivity index (χ4v) is 1.95. The molecule has 1 aromatic heterocycles. The topological polar surface area (TPSA) is 66.4 Å². The quantitative estimate of drug-likeness (QED) is 0.746. The fraction of sp³-hybridized carbons (Fsp3) is 0.333. The van der Waals surface area contributed by atoms with Crippen molar-refractivity contribution in [2.24, 2.45) is 0 Å². The average molecular weight is 213 g/mol. The molecule has 1 aromatic rings. The van der Waals surface area contributed by atoms with Crippen LogP contribution in [-0.2, 0) is 9.59 Å². The standard InChI is InChI=1S/C9H11NO3S/c1-2-6(7-4-3-5-14-7)10-8(11)9(12)13/h3-6H,2H2,1H3,(H,10,11)(H,12,13). The van der Waals surface area contributed by atoms with Gasteiger partial charge >= 0.3 is 11.9 Å². The van der Waals surface area contributed by atoms with E-state index in [0.29, 0.717) is 6.42 Å². The number of amides is 1. The molecule has 4 nitrogen and oxygen atoms in total. The van der Waals surface area contributed by atoms with Crippen molar-refractivity contribution in [2.75, 3.05) is 0 Å². The first kappa shape index (κ1) is 10.7. The molecule has 1 atom stereocenters. The van der Waals surface area contributed by atoms with Crippen LogP contribution in [0.2, 0.25) is 0 Å². The molecule has 0 radical (unpaired) electrons. The fourth-order valence-electron chi connectivity index (χ4n) is 1.08. The van der Waals surface area contributed by atoms with Crippen LogP contribution in [0.15, 0.2) is 17.5 Å². The van der Waals surface area contributed by atoms with E-state index in [1.807, 2.05) is 24.4 Å². The molecular formula is C9H11NO3S. The molecule has 76 valence electrons. The Morgan fingerprint density at radius 3 is 2.79 bits per heavy atom. The van der Waals surface area contributed by atoms with E-state index in [4.69, 9.17) is 5.11 Å². The number of nitrogens with one attached hydrogen (secondary N) is 1. The predicted octanol–water partition coefficient (Wildman–Crippen LogP) is 1.40. The third kappa shape index (κ3) is 2.56. The van der Waals surface area contributed by atoms with Crippen molar-refractivity contribution >= 4 is 23.2 Å². The first-order valence-electron chi connectivity index (χ1n) is 4.22. The Bertz CT molecular complexity index is 321. The summed E-state index contributed by atoms with van der Waals surface area (Å²) in [6.45, 7) is 1.90. The summed E-state index contributed by atoms with van der Waals surface area (Å²) < 4.78 is 0.